The van der Waals surface area contributed by atoms with Gasteiger partial charge in [-0.2, -0.15) is 9.97 Å². The average molecular weight is 589 g/mol. The van der Waals surface area contributed by atoms with Crippen molar-refractivity contribution in [2.24, 2.45) is 0 Å². The number of nitrogens with zero attached hydrogens (tertiary/aromatic N) is 4. The summed E-state index contributed by atoms with van der Waals surface area (Å²) in [5.74, 6) is 0.561. The van der Waals surface area contributed by atoms with Crippen LogP contribution >= 0.6 is 8.53 Å². The highest BCUT2D eigenvalue weighted by Gasteiger charge is 2.28. The number of aromatic nitrogens is 4. The predicted octanol–water partition coefficient (Wildman–Crippen LogP) is 7.13. The zero-order valence-electron chi connectivity index (χ0n) is 25.6. The Morgan fingerprint density at radius 1 is 1.15 bits per heavy atom. The van der Waals surface area contributed by atoms with Crippen LogP contribution in [0.15, 0.2) is 36.7 Å². The molecule has 4 atom stereocenters. The van der Waals surface area contributed by atoms with Crippen LogP contribution < -0.4 is 15.6 Å². The van der Waals surface area contributed by atoms with Gasteiger partial charge in [0.15, 0.2) is 11.2 Å². The molecule has 1 aromatic carbocycles. The Hall–Kier alpha value is -2.36. The fraction of sp³-hybridized carbons (Fsp3) is 0.633. The van der Waals surface area contributed by atoms with Gasteiger partial charge in [0.2, 0.25) is 11.8 Å². The minimum absolute atomic E-state index is 0.00764. The van der Waals surface area contributed by atoms with Crippen molar-refractivity contribution in [3.05, 3.63) is 42.2 Å². The van der Waals surface area contributed by atoms with Crippen molar-refractivity contribution in [3.63, 3.8) is 0 Å². The number of methoxy groups -OCH3 is 1. The quantitative estimate of drug-likeness (QED) is 0.159. The molecule has 0 bridgehead atoms. The molecule has 0 spiro atoms. The van der Waals surface area contributed by atoms with Gasteiger partial charge in [0.1, 0.15) is 0 Å². The first kappa shape index (κ1) is 33.1. The molecule has 0 aliphatic heterocycles. The summed E-state index contributed by atoms with van der Waals surface area (Å²) in [7, 11) is 0.432. The van der Waals surface area contributed by atoms with E-state index in [1.54, 1.807) is 13.4 Å². The Bertz CT molecular complexity index is 1150. The van der Waals surface area contributed by atoms with Gasteiger partial charge in [-0.3, -0.25) is 0 Å². The van der Waals surface area contributed by atoms with Crippen LogP contribution in [0.3, 0.4) is 0 Å². The number of nitrogens with one attached hydrogen (secondary N) is 1. The number of benzene rings is 1. The van der Waals surface area contributed by atoms with Crippen LogP contribution in [-0.4, -0.2) is 52.0 Å². The van der Waals surface area contributed by atoms with Gasteiger partial charge in [0, 0.05) is 19.2 Å². The van der Waals surface area contributed by atoms with E-state index >= 15 is 0 Å². The van der Waals surface area contributed by atoms with Crippen molar-refractivity contribution in [1.82, 2.24) is 24.6 Å². The van der Waals surface area contributed by atoms with E-state index in [1.165, 1.54) is 12.0 Å². The molecule has 1 aliphatic rings. The van der Waals surface area contributed by atoms with E-state index in [0.29, 0.717) is 42.7 Å². The fourth-order valence-electron chi connectivity index (χ4n) is 4.58. The lowest BCUT2D eigenvalue weighted by atomic mass is 9.94. The number of fused-ring (bicyclic) bond motifs is 1. The van der Waals surface area contributed by atoms with Crippen molar-refractivity contribution in [2.75, 3.05) is 26.1 Å². The van der Waals surface area contributed by atoms with Crippen LogP contribution in [0.4, 0.5) is 5.95 Å². The first-order valence-electron chi connectivity index (χ1n) is 15.1. The van der Waals surface area contributed by atoms with Crippen molar-refractivity contribution in [1.29, 1.82) is 0 Å². The molecule has 4 unspecified atom stereocenters. The van der Waals surface area contributed by atoms with E-state index in [4.69, 9.17) is 24.3 Å². The SMILES string of the molecule is CC.CCCCC(OP(NC1CCC1)OCC(CC(C)n1cnc2c(OCC)nc(N)nc21)OC)c1ccccc1. The predicted molar refractivity (Wildman–Crippen MR) is 166 cm³/mol. The Morgan fingerprint density at radius 3 is 2.54 bits per heavy atom. The van der Waals surface area contributed by atoms with Gasteiger partial charge >= 0.3 is 0 Å². The fourth-order valence-corrected chi connectivity index (χ4v) is 6.09. The zero-order chi connectivity index (χ0) is 29.6. The second-order valence-electron chi connectivity index (χ2n) is 10.0. The van der Waals surface area contributed by atoms with Gasteiger partial charge in [0.25, 0.3) is 8.53 Å². The van der Waals surface area contributed by atoms with Crippen LogP contribution in [0.5, 0.6) is 5.88 Å². The van der Waals surface area contributed by atoms with E-state index in [9.17, 15) is 0 Å². The van der Waals surface area contributed by atoms with E-state index in [1.807, 2.05) is 31.4 Å². The molecule has 228 valence electrons. The smallest absolute Gasteiger partial charge is 0.256 e. The molecule has 10 nitrogen and oxygen atoms in total. The first-order chi connectivity index (χ1) is 20.0. The van der Waals surface area contributed by atoms with Crippen LogP contribution in [0.1, 0.15) is 97.3 Å². The van der Waals surface area contributed by atoms with Gasteiger partial charge in [-0.25, -0.2) is 10.1 Å². The Balaban J connectivity index is 0.00000226. The van der Waals surface area contributed by atoms with Gasteiger partial charge in [-0.05, 0) is 45.1 Å². The molecule has 0 radical (unpaired) electrons. The van der Waals surface area contributed by atoms with Gasteiger partial charge in [0.05, 0.1) is 31.7 Å². The highest BCUT2D eigenvalue weighted by molar-refractivity contribution is 7.45. The molecule has 11 heteroatoms. The molecule has 1 aliphatic carbocycles. The molecule has 2 aromatic heterocycles. The van der Waals surface area contributed by atoms with Gasteiger partial charge in [-0.1, -0.05) is 70.4 Å². The summed E-state index contributed by atoms with van der Waals surface area (Å²) in [6.45, 7) is 11.1. The lowest BCUT2D eigenvalue weighted by Gasteiger charge is -2.33. The number of nitrogens with two attached hydrogens (primary N) is 1. The second-order valence-corrected chi connectivity index (χ2v) is 11.3. The number of hydrogen-bond acceptors (Lipinski definition) is 9. The summed E-state index contributed by atoms with van der Waals surface area (Å²) in [5.41, 5.74) is 8.39. The number of anilines is 1. The topological polar surface area (TPSA) is 119 Å². The molecular formula is C30H49N6O4P. The molecule has 1 saturated carbocycles. The van der Waals surface area contributed by atoms with Crippen LogP contribution in [0.25, 0.3) is 11.2 Å². The number of unbranched alkanes of at least 4 members (excludes halogenated alkanes) is 1. The zero-order valence-corrected chi connectivity index (χ0v) is 26.5. The molecule has 4 rings (SSSR count). The summed E-state index contributed by atoms with van der Waals surface area (Å²) in [4.78, 5) is 13.1. The third-order valence-corrected chi connectivity index (χ3v) is 8.49. The Kier molecular flexibility index (Phi) is 14.2. The second kappa shape index (κ2) is 17.6. The third kappa shape index (κ3) is 9.58. The molecule has 2 heterocycles. The maximum absolute atomic E-state index is 6.64. The lowest BCUT2D eigenvalue weighted by molar-refractivity contribution is 0.0369. The van der Waals surface area contributed by atoms with E-state index < -0.39 is 8.53 Å². The maximum Gasteiger partial charge on any atom is 0.256 e. The van der Waals surface area contributed by atoms with Crippen molar-refractivity contribution >= 4 is 25.6 Å². The highest BCUT2D eigenvalue weighted by atomic mass is 31.2. The van der Waals surface area contributed by atoms with Gasteiger partial charge < -0.3 is 28.8 Å². The van der Waals surface area contributed by atoms with E-state index in [0.717, 1.165) is 32.1 Å². The van der Waals surface area contributed by atoms with E-state index in [-0.39, 0.29) is 24.2 Å². The summed E-state index contributed by atoms with van der Waals surface area (Å²) >= 11 is 0. The summed E-state index contributed by atoms with van der Waals surface area (Å²) < 4.78 is 26.5. The summed E-state index contributed by atoms with van der Waals surface area (Å²) in [6.07, 6.45) is 9.04. The number of ether oxygens (including phenoxy) is 2. The number of imidazole rings is 1. The largest absolute Gasteiger partial charge is 0.476 e. The van der Waals surface area contributed by atoms with Crippen LogP contribution in [-0.2, 0) is 13.8 Å². The van der Waals surface area contributed by atoms with Gasteiger partial charge in [-0.15, -0.1) is 0 Å². The van der Waals surface area contributed by atoms with Crippen molar-refractivity contribution in [2.45, 2.75) is 104 Å². The number of hydrogen-bond donors (Lipinski definition) is 2. The molecule has 0 amide bonds. The highest BCUT2D eigenvalue weighted by Crippen LogP contribution is 2.44. The average Bonchev–Trinajstić information content (AvgIpc) is 3.40. The minimum Gasteiger partial charge on any atom is -0.476 e. The van der Waals surface area contributed by atoms with Crippen molar-refractivity contribution in [3.8, 4) is 5.88 Å². The summed E-state index contributed by atoms with van der Waals surface area (Å²) in [6, 6.07) is 10.9. The monoisotopic (exact) mass is 588 g/mol. The molecule has 3 N–H and O–H groups in total. The van der Waals surface area contributed by atoms with Crippen LogP contribution in [0.2, 0.25) is 0 Å². The third-order valence-electron chi connectivity index (χ3n) is 7.09. The number of nitrogen functional groups attached to an aromatic ring is 1. The lowest BCUT2D eigenvalue weighted by Crippen LogP contribution is -2.33. The normalized spacial score (nSPS) is 16.3. The minimum atomic E-state index is -1.29. The standard InChI is InChI=1S/C28H43N6O4P.C2H6/c1-5-7-16-24(21-12-9-8-10-13-21)38-39(33-22-14-11-15-22)37-18-23(35-4)17-20(3)34-19-30-25-26(34)31-28(29)32-27(25)36-6-2;1-2/h8-10,12-13,19-20,22-24,33H,5-7,11,14-18H2,1-4H3,(H2,29,31,32);1-2H3. The molecular weight excluding hydrogens is 539 g/mol. The maximum atomic E-state index is 6.64. The summed E-state index contributed by atoms with van der Waals surface area (Å²) in [5, 5.41) is 3.64. The molecule has 41 heavy (non-hydrogen) atoms. The molecule has 1 fully saturated rings. The first-order valence-corrected chi connectivity index (χ1v) is 16.3. The van der Waals surface area contributed by atoms with Crippen molar-refractivity contribution < 1.29 is 18.5 Å². The molecule has 0 saturated heterocycles. The Morgan fingerprint density at radius 2 is 1.90 bits per heavy atom. The Labute approximate surface area is 246 Å². The van der Waals surface area contributed by atoms with E-state index in [2.05, 4.69) is 58.2 Å². The number of rotatable bonds is 17. The molecule has 3 aromatic rings. The van der Waals surface area contributed by atoms with Crippen LogP contribution in [0, 0.1) is 0 Å².